The van der Waals surface area contributed by atoms with Crippen LogP contribution in [-0.2, 0) is 6.54 Å². The summed E-state index contributed by atoms with van der Waals surface area (Å²) in [4.78, 5) is 7.11. The Labute approximate surface area is 102 Å². The molecule has 0 spiro atoms. The lowest BCUT2D eigenvalue weighted by Crippen LogP contribution is -2.34. The second-order valence-corrected chi connectivity index (χ2v) is 5.27. The molecule has 1 atom stereocenters. The number of nitrogens with two attached hydrogens (primary N) is 1. The van der Waals surface area contributed by atoms with Crippen molar-refractivity contribution < 1.29 is 0 Å². The first-order valence-corrected chi connectivity index (χ1v) is 7.14. The Morgan fingerprint density at radius 2 is 2.38 bits per heavy atom. The minimum atomic E-state index is 0.557. The average molecular weight is 239 g/mol. The predicted octanol–water partition coefficient (Wildman–Crippen LogP) is 2.76. The van der Waals surface area contributed by atoms with E-state index < -0.39 is 0 Å². The molecule has 0 saturated carbocycles. The summed E-state index contributed by atoms with van der Waals surface area (Å²) in [6.45, 7) is 4.00. The molecular weight excluding hydrogens is 218 g/mol. The zero-order valence-corrected chi connectivity index (χ0v) is 10.8. The zero-order chi connectivity index (χ0) is 11.4. The summed E-state index contributed by atoms with van der Waals surface area (Å²) in [7, 11) is 0. The second kappa shape index (κ2) is 5.64. The Kier molecular flexibility index (Phi) is 4.18. The number of rotatable bonds is 3. The maximum Gasteiger partial charge on any atom is 0.185 e. The van der Waals surface area contributed by atoms with Gasteiger partial charge >= 0.3 is 0 Å². The molecule has 0 aromatic carbocycles. The fraction of sp³-hybridized carbons (Fsp3) is 0.750. The highest BCUT2D eigenvalue weighted by atomic mass is 32.1. The minimum Gasteiger partial charge on any atom is -0.345 e. The van der Waals surface area contributed by atoms with Gasteiger partial charge in [-0.25, -0.2) is 4.98 Å². The maximum absolute atomic E-state index is 5.62. The smallest absolute Gasteiger partial charge is 0.185 e. The van der Waals surface area contributed by atoms with Crippen LogP contribution in [0.4, 0.5) is 5.13 Å². The van der Waals surface area contributed by atoms with E-state index in [0.29, 0.717) is 12.6 Å². The molecular formula is C12H21N3S. The summed E-state index contributed by atoms with van der Waals surface area (Å²) in [6.07, 6.45) is 6.56. The van der Waals surface area contributed by atoms with Crippen molar-refractivity contribution in [3.05, 3.63) is 11.1 Å². The lowest BCUT2D eigenvalue weighted by molar-refractivity contribution is 0.555. The standard InChI is InChI=1S/C12H21N3S/c1-2-11-6-4-3-5-7-15(11)12-14-10(8-13)9-16-12/h9,11H,2-8,13H2,1H3. The lowest BCUT2D eigenvalue weighted by atomic mass is 10.1. The zero-order valence-electron chi connectivity index (χ0n) is 9.98. The van der Waals surface area contributed by atoms with Crippen LogP contribution in [-0.4, -0.2) is 17.6 Å². The van der Waals surface area contributed by atoms with E-state index in [1.165, 1.54) is 37.2 Å². The van der Waals surface area contributed by atoms with Crippen molar-refractivity contribution in [3.63, 3.8) is 0 Å². The van der Waals surface area contributed by atoms with Crippen molar-refractivity contribution in [2.45, 2.75) is 51.6 Å². The first-order chi connectivity index (χ1) is 7.85. The molecule has 0 amide bonds. The third-order valence-corrected chi connectivity index (χ3v) is 4.27. The molecule has 2 N–H and O–H groups in total. The first-order valence-electron chi connectivity index (χ1n) is 6.26. The van der Waals surface area contributed by atoms with Crippen LogP contribution >= 0.6 is 11.3 Å². The Balaban J connectivity index is 2.14. The van der Waals surface area contributed by atoms with Crippen molar-refractivity contribution >= 4 is 16.5 Å². The van der Waals surface area contributed by atoms with Gasteiger partial charge < -0.3 is 10.6 Å². The summed E-state index contributed by atoms with van der Waals surface area (Å²) in [5, 5.41) is 3.27. The van der Waals surface area contributed by atoms with Crippen LogP contribution in [0.15, 0.2) is 5.38 Å². The fourth-order valence-corrected chi connectivity index (χ4v) is 3.31. The maximum atomic E-state index is 5.62. The van der Waals surface area contributed by atoms with Gasteiger partial charge in [0.15, 0.2) is 5.13 Å². The largest absolute Gasteiger partial charge is 0.345 e. The van der Waals surface area contributed by atoms with E-state index in [2.05, 4.69) is 22.2 Å². The molecule has 0 aliphatic carbocycles. The molecule has 3 nitrogen and oxygen atoms in total. The normalized spacial score (nSPS) is 22.1. The molecule has 2 heterocycles. The minimum absolute atomic E-state index is 0.557. The molecule has 1 fully saturated rings. The number of aromatic nitrogens is 1. The van der Waals surface area contributed by atoms with Crippen molar-refractivity contribution in [1.29, 1.82) is 0 Å². The molecule has 0 radical (unpaired) electrons. The van der Waals surface area contributed by atoms with E-state index in [9.17, 15) is 0 Å². The van der Waals surface area contributed by atoms with Crippen LogP contribution < -0.4 is 10.6 Å². The molecule has 0 bridgehead atoms. The quantitative estimate of drug-likeness (QED) is 0.882. The highest BCUT2D eigenvalue weighted by Gasteiger charge is 2.21. The molecule has 16 heavy (non-hydrogen) atoms. The predicted molar refractivity (Wildman–Crippen MR) is 69.9 cm³/mol. The van der Waals surface area contributed by atoms with Gasteiger partial charge in [-0.1, -0.05) is 19.8 Å². The molecule has 1 saturated heterocycles. The molecule has 1 unspecified atom stereocenters. The van der Waals surface area contributed by atoms with E-state index in [-0.39, 0.29) is 0 Å². The fourth-order valence-electron chi connectivity index (χ4n) is 2.38. The van der Waals surface area contributed by atoms with Gasteiger partial charge in [-0.05, 0) is 19.3 Å². The summed E-state index contributed by atoms with van der Waals surface area (Å²) < 4.78 is 0. The van der Waals surface area contributed by atoms with Crippen LogP contribution in [0.3, 0.4) is 0 Å². The SMILES string of the molecule is CCC1CCCCCN1c1nc(CN)cs1. The summed E-state index contributed by atoms with van der Waals surface area (Å²) in [5.41, 5.74) is 6.64. The van der Waals surface area contributed by atoms with E-state index in [4.69, 9.17) is 5.73 Å². The van der Waals surface area contributed by atoms with Crippen LogP contribution in [0.2, 0.25) is 0 Å². The van der Waals surface area contributed by atoms with Gasteiger partial charge in [0.2, 0.25) is 0 Å². The number of hydrogen-bond donors (Lipinski definition) is 1. The van der Waals surface area contributed by atoms with Gasteiger partial charge in [0.05, 0.1) is 5.69 Å². The van der Waals surface area contributed by atoms with Crippen LogP contribution in [0, 0.1) is 0 Å². The molecule has 4 heteroatoms. The third-order valence-electron chi connectivity index (χ3n) is 3.34. The number of anilines is 1. The Morgan fingerprint density at radius 3 is 3.06 bits per heavy atom. The van der Waals surface area contributed by atoms with Gasteiger partial charge in [-0.3, -0.25) is 0 Å². The van der Waals surface area contributed by atoms with E-state index in [1.54, 1.807) is 11.3 Å². The Hall–Kier alpha value is -0.610. The summed E-state index contributed by atoms with van der Waals surface area (Å²) >= 11 is 1.74. The highest BCUT2D eigenvalue weighted by Crippen LogP contribution is 2.28. The van der Waals surface area contributed by atoms with E-state index in [1.807, 2.05) is 0 Å². The number of thiazole rings is 1. The van der Waals surface area contributed by atoms with Crippen molar-refractivity contribution in [2.24, 2.45) is 5.73 Å². The Morgan fingerprint density at radius 1 is 1.50 bits per heavy atom. The summed E-state index contributed by atoms with van der Waals surface area (Å²) in [6, 6.07) is 0.680. The van der Waals surface area contributed by atoms with Crippen LogP contribution in [0.1, 0.15) is 44.7 Å². The average Bonchev–Trinajstić information content (AvgIpc) is 2.66. The van der Waals surface area contributed by atoms with Crippen molar-refractivity contribution in [3.8, 4) is 0 Å². The number of hydrogen-bond acceptors (Lipinski definition) is 4. The van der Waals surface area contributed by atoms with Gasteiger partial charge in [0, 0.05) is 24.5 Å². The first kappa shape index (κ1) is 11.9. The van der Waals surface area contributed by atoms with Crippen LogP contribution in [0.25, 0.3) is 0 Å². The number of nitrogens with zero attached hydrogens (tertiary/aromatic N) is 2. The van der Waals surface area contributed by atoms with E-state index in [0.717, 1.165) is 12.2 Å². The van der Waals surface area contributed by atoms with Crippen molar-refractivity contribution in [2.75, 3.05) is 11.4 Å². The molecule has 1 aliphatic heterocycles. The summed E-state index contributed by atoms with van der Waals surface area (Å²) in [5.74, 6) is 0. The second-order valence-electron chi connectivity index (χ2n) is 4.43. The molecule has 2 rings (SSSR count). The van der Waals surface area contributed by atoms with Gasteiger partial charge in [-0.15, -0.1) is 11.3 Å². The van der Waals surface area contributed by atoms with Crippen LogP contribution in [0.5, 0.6) is 0 Å². The Bertz CT molecular complexity index is 324. The molecule has 90 valence electrons. The highest BCUT2D eigenvalue weighted by molar-refractivity contribution is 7.13. The molecule has 1 aromatic heterocycles. The van der Waals surface area contributed by atoms with E-state index >= 15 is 0 Å². The van der Waals surface area contributed by atoms with Gasteiger partial charge in [-0.2, -0.15) is 0 Å². The van der Waals surface area contributed by atoms with Crippen molar-refractivity contribution in [1.82, 2.24) is 4.98 Å². The monoisotopic (exact) mass is 239 g/mol. The third kappa shape index (κ3) is 2.55. The van der Waals surface area contributed by atoms with Gasteiger partial charge in [0.25, 0.3) is 0 Å². The topological polar surface area (TPSA) is 42.2 Å². The molecule has 1 aromatic rings. The molecule has 1 aliphatic rings. The van der Waals surface area contributed by atoms with Gasteiger partial charge in [0.1, 0.15) is 0 Å². The lowest BCUT2D eigenvalue weighted by Gasteiger charge is -2.28.